The van der Waals surface area contributed by atoms with Crippen molar-refractivity contribution in [3.05, 3.63) is 79.1 Å². The van der Waals surface area contributed by atoms with Gasteiger partial charge in [-0.05, 0) is 24.1 Å². The fraction of sp³-hybridized carbons (Fsp3) is 0.190. The molecule has 2 heterocycles. The van der Waals surface area contributed by atoms with E-state index in [4.69, 9.17) is 4.98 Å². The molecule has 1 aromatic carbocycles. The molecule has 2 aromatic heterocycles. The van der Waals surface area contributed by atoms with Gasteiger partial charge in [0.25, 0.3) is 0 Å². The number of pyridine rings is 1. The summed E-state index contributed by atoms with van der Waals surface area (Å²) in [5, 5.41) is 3.27. The van der Waals surface area contributed by atoms with Gasteiger partial charge in [0.1, 0.15) is 11.6 Å². The first-order valence-corrected chi connectivity index (χ1v) is 8.65. The van der Waals surface area contributed by atoms with E-state index < -0.39 is 0 Å². The lowest BCUT2D eigenvalue weighted by molar-refractivity contribution is 0.855. The third-order valence-electron chi connectivity index (χ3n) is 4.05. The highest BCUT2D eigenvalue weighted by molar-refractivity contribution is 5.61. The van der Waals surface area contributed by atoms with Crippen LogP contribution in [0.15, 0.2) is 73.6 Å². The molecule has 0 spiro atoms. The van der Waals surface area contributed by atoms with Gasteiger partial charge in [-0.15, -0.1) is 6.58 Å². The highest BCUT2D eigenvalue weighted by Gasteiger charge is 2.10. The second-order valence-electron chi connectivity index (χ2n) is 6.00. The highest BCUT2D eigenvalue weighted by Crippen LogP contribution is 2.22. The fourth-order valence-electron chi connectivity index (χ4n) is 2.57. The molecule has 0 aliphatic rings. The van der Waals surface area contributed by atoms with Gasteiger partial charge in [0.15, 0.2) is 5.82 Å². The fourth-order valence-corrected chi connectivity index (χ4v) is 2.57. The molecular formula is C21H23N5. The van der Waals surface area contributed by atoms with E-state index in [0.29, 0.717) is 12.4 Å². The van der Waals surface area contributed by atoms with Gasteiger partial charge >= 0.3 is 0 Å². The van der Waals surface area contributed by atoms with Crippen molar-refractivity contribution in [1.82, 2.24) is 15.0 Å². The number of likely N-dealkylation sites (N-methyl/N-ethyl adjacent to an activating group) is 1. The van der Waals surface area contributed by atoms with E-state index >= 15 is 0 Å². The van der Waals surface area contributed by atoms with Gasteiger partial charge in [-0.25, -0.2) is 9.97 Å². The standard InChI is InChI=1S/C21H23N5/c1-3-12-23-19-16-20(25-21(24-19)18-7-5-4-6-8-18)26(2)15-11-17-9-13-22-14-10-17/h3-10,13-14,16H,1,11-12,15H2,2H3,(H,23,24,25). The lowest BCUT2D eigenvalue weighted by atomic mass is 10.2. The van der Waals surface area contributed by atoms with E-state index in [9.17, 15) is 0 Å². The van der Waals surface area contributed by atoms with Crippen molar-refractivity contribution in [3.8, 4) is 11.4 Å². The Balaban J connectivity index is 1.83. The molecular weight excluding hydrogens is 322 g/mol. The Morgan fingerprint density at radius 1 is 1.08 bits per heavy atom. The van der Waals surface area contributed by atoms with Crippen LogP contribution in [0.4, 0.5) is 11.6 Å². The molecule has 3 rings (SSSR count). The third-order valence-corrected chi connectivity index (χ3v) is 4.05. The zero-order chi connectivity index (χ0) is 18.2. The minimum Gasteiger partial charge on any atom is -0.366 e. The second kappa shape index (κ2) is 8.76. The summed E-state index contributed by atoms with van der Waals surface area (Å²) < 4.78 is 0. The van der Waals surface area contributed by atoms with Crippen LogP contribution < -0.4 is 10.2 Å². The van der Waals surface area contributed by atoms with Crippen molar-refractivity contribution < 1.29 is 0 Å². The van der Waals surface area contributed by atoms with E-state index in [1.165, 1.54) is 5.56 Å². The maximum atomic E-state index is 4.76. The van der Waals surface area contributed by atoms with Gasteiger partial charge in [-0.2, -0.15) is 0 Å². The van der Waals surface area contributed by atoms with Crippen LogP contribution in [-0.4, -0.2) is 35.1 Å². The summed E-state index contributed by atoms with van der Waals surface area (Å²) >= 11 is 0. The highest BCUT2D eigenvalue weighted by atomic mass is 15.2. The largest absolute Gasteiger partial charge is 0.366 e. The van der Waals surface area contributed by atoms with Crippen molar-refractivity contribution in [2.45, 2.75) is 6.42 Å². The SMILES string of the molecule is C=CCNc1cc(N(C)CCc2ccncc2)nc(-c2ccccc2)n1. The Morgan fingerprint density at radius 2 is 1.85 bits per heavy atom. The number of rotatable bonds is 8. The molecule has 0 saturated heterocycles. The predicted molar refractivity (Wildman–Crippen MR) is 107 cm³/mol. The van der Waals surface area contributed by atoms with Crippen LogP contribution in [-0.2, 0) is 6.42 Å². The topological polar surface area (TPSA) is 53.9 Å². The molecule has 5 nitrogen and oxygen atoms in total. The monoisotopic (exact) mass is 345 g/mol. The Kier molecular flexibility index (Phi) is 5.93. The van der Waals surface area contributed by atoms with Gasteiger partial charge in [0.05, 0.1) is 0 Å². The average Bonchev–Trinajstić information content (AvgIpc) is 2.71. The maximum Gasteiger partial charge on any atom is 0.163 e. The van der Waals surface area contributed by atoms with Crippen molar-refractivity contribution in [2.24, 2.45) is 0 Å². The van der Waals surface area contributed by atoms with Gasteiger partial charge in [-0.1, -0.05) is 36.4 Å². The van der Waals surface area contributed by atoms with Crippen molar-refractivity contribution in [3.63, 3.8) is 0 Å². The minimum absolute atomic E-state index is 0.658. The molecule has 26 heavy (non-hydrogen) atoms. The Morgan fingerprint density at radius 3 is 2.58 bits per heavy atom. The van der Waals surface area contributed by atoms with Crippen LogP contribution in [0.25, 0.3) is 11.4 Å². The molecule has 0 saturated carbocycles. The van der Waals surface area contributed by atoms with Crippen molar-refractivity contribution in [2.75, 3.05) is 30.4 Å². The number of hydrogen-bond acceptors (Lipinski definition) is 5. The van der Waals surface area contributed by atoms with Crippen molar-refractivity contribution >= 4 is 11.6 Å². The summed E-state index contributed by atoms with van der Waals surface area (Å²) in [7, 11) is 2.05. The number of hydrogen-bond donors (Lipinski definition) is 1. The summed E-state index contributed by atoms with van der Waals surface area (Å²) in [6.45, 7) is 5.27. The molecule has 132 valence electrons. The van der Waals surface area contributed by atoms with Crippen LogP contribution in [0.3, 0.4) is 0 Å². The predicted octanol–water partition coefficient (Wildman–Crippen LogP) is 3.82. The van der Waals surface area contributed by atoms with Gasteiger partial charge in [-0.3, -0.25) is 4.98 Å². The summed E-state index contributed by atoms with van der Waals surface area (Å²) in [5.41, 5.74) is 2.26. The summed E-state index contributed by atoms with van der Waals surface area (Å²) in [6.07, 6.45) is 6.39. The van der Waals surface area contributed by atoms with Gasteiger partial charge < -0.3 is 10.2 Å². The molecule has 0 unspecified atom stereocenters. The first kappa shape index (κ1) is 17.6. The second-order valence-corrected chi connectivity index (χ2v) is 6.00. The number of benzene rings is 1. The first-order valence-electron chi connectivity index (χ1n) is 8.65. The zero-order valence-corrected chi connectivity index (χ0v) is 15.0. The smallest absolute Gasteiger partial charge is 0.163 e. The Hall–Kier alpha value is -3.21. The van der Waals surface area contributed by atoms with Crippen LogP contribution in [0.5, 0.6) is 0 Å². The van der Waals surface area contributed by atoms with Crippen LogP contribution in [0.1, 0.15) is 5.56 Å². The minimum atomic E-state index is 0.658. The molecule has 0 aliphatic carbocycles. The number of nitrogens with zero attached hydrogens (tertiary/aromatic N) is 4. The lowest BCUT2D eigenvalue weighted by Gasteiger charge is -2.20. The quantitative estimate of drug-likeness (QED) is 0.629. The third kappa shape index (κ3) is 4.66. The number of anilines is 2. The maximum absolute atomic E-state index is 4.76. The van der Waals surface area contributed by atoms with E-state index in [1.807, 2.05) is 67.0 Å². The first-order chi connectivity index (χ1) is 12.8. The number of aromatic nitrogens is 3. The zero-order valence-electron chi connectivity index (χ0n) is 15.0. The normalized spacial score (nSPS) is 10.3. The molecule has 0 atom stereocenters. The molecule has 5 heteroatoms. The number of nitrogens with one attached hydrogen (secondary N) is 1. The Bertz CT molecular complexity index is 834. The van der Waals surface area contributed by atoms with E-state index in [1.54, 1.807) is 0 Å². The molecule has 1 N–H and O–H groups in total. The Labute approximate surface area is 154 Å². The molecule has 3 aromatic rings. The summed E-state index contributed by atoms with van der Waals surface area (Å²) in [5.74, 6) is 2.40. The lowest BCUT2D eigenvalue weighted by Crippen LogP contribution is -2.22. The molecule has 0 bridgehead atoms. The van der Waals surface area contributed by atoms with Crippen LogP contribution in [0.2, 0.25) is 0 Å². The van der Waals surface area contributed by atoms with Crippen LogP contribution in [0, 0.1) is 0 Å². The van der Waals surface area contributed by atoms with Crippen LogP contribution >= 0.6 is 0 Å². The molecule has 0 amide bonds. The van der Waals surface area contributed by atoms with E-state index in [0.717, 1.165) is 30.2 Å². The van der Waals surface area contributed by atoms with E-state index in [-0.39, 0.29) is 0 Å². The average molecular weight is 345 g/mol. The van der Waals surface area contributed by atoms with E-state index in [2.05, 4.69) is 33.8 Å². The summed E-state index contributed by atoms with van der Waals surface area (Å²) in [4.78, 5) is 15.6. The van der Waals surface area contributed by atoms with Crippen molar-refractivity contribution in [1.29, 1.82) is 0 Å². The molecule has 0 fully saturated rings. The molecule has 0 radical (unpaired) electrons. The summed E-state index contributed by atoms with van der Waals surface area (Å²) in [6, 6.07) is 16.1. The van der Waals surface area contributed by atoms with Gasteiger partial charge in [0.2, 0.25) is 0 Å². The van der Waals surface area contributed by atoms with Gasteiger partial charge in [0, 0.05) is 44.2 Å². The molecule has 0 aliphatic heterocycles.